The number of aromatic carboxylic acids is 1. The maximum atomic E-state index is 12.4. The van der Waals surface area contributed by atoms with Gasteiger partial charge in [0.25, 0.3) is 0 Å². The van der Waals surface area contributed by atoms with Gasteiger partial charge < -0.3 is 19.5 Å². The van der Waals surface area contributed by atoms with E-state index in [0.29, 0.717) is 5.01 Å². The maximum Gasteiger partial charge on any atom is 0.410 e. The quantitative estimate of drug-likeness (QED) is 0.695. The number of nitrogens with zero attached hydrogens (tertiary/aromatic N) is 2. The number of rotatable bonds is 7. The van der Waals surface area contributed by atoms with Crippen molar-refractivity contribution in [2.24, 2.45) is 5.92 Å². The standard InChI is InChI=1S/C18H28N2O6S/c1-10(2)13(20(7)17(24)26-18(4,5)6)8-14(25-11(3)21)15-19-12(9-27-15)16(22)23/h9-10,13-14H,8H2,1-7H3,(H,22,23)/t13?,14-/m1/s1. The van der Waals surface area contributed by atoms with Crippen LogP contribution in [0.15, 0.2) is 5.38 Å². The summed E-state index contributed by atoms with van der Waals surface area (Å²) in [5.74, 6) is -1.61. The third-order valence-corrected chi connectivity index (χ3v) is 4.67. The van der Waals surface area contributed by atoms with Crippen molar-refractivity contribution in [3.63, 3.8) is 0 Å². The summed E-state index contributed by atoms with van der Waals surface area (Å²) in [6.07, 6.45) is -0.953. The van der Waals surface area contributed by atoms with Crippen molar-refractivity contribution in [1.29, 1.82) is 0 Å². The van der Waals surface area contributed by atoms with Gasteiger partial charge in [-0.1, -0.05) is 13.8 Å². The number of hydrogen-bond donors (Lipinski definition) is 1. The first kappa shape index (κ1) is 22.9. The van der Waals surface area contributed by atoms with Crippen molar-refractivity contribution in [2.75, 3.05) is 7.05 Å². The molecule has 0 bridgehead atoms. The monoisotopic (exact) mass is 400 g/mol. The van der Waals surface area contributed by atoms with Gasteiger partial charge in [0.05, 0.1) is 0 Å². The Bertz CT molecular complexity index is 680. The fourth-order valence-electron chi connectivity index (χ4n) is 2.50. The van der Waals surface area contributed by atoms with Crippen LogP contribution in [0, 0.1) is 5.92 Å². The van der Waals surface area contributed by atoms with Crippen LogP contribution in [0.1, 0.15) is 69.6 Å². The SMILES string of the molecule is CC(=O)O[C@H](CC(C(C)C)N(C)C(=O)OC(C)(C)C)c1nc(C(=O)O)cs1. The number of carbonyl (C=O) groups excluding carboxylic acids is 2. The van der Waals surface area contributed by atoms with E-state index in [1.54, 1.807) is 27.8 Å². The van der Waals surface area contributed by atoms with Gasteiger partial charge in [-0.15, -0.1) is 11.3 Å². The van der Waals surface area contributed by atoms with E-state index < -0.39 is 29.7 Å². The average Bonchev–Trinajstić information content (AvgIpc) is 2.98. The van der Waals surface area contributed by atoms with Gasteiger partial charge in [-0.05, 0) is 26.7 Å². The number of carboxylic acid groups (broad SMARTS) is 1. The number of carboxylic acids is 1. The Kier molecular flexibility index (Phi) is 7.77. The summed E-state index contributed by atoms with van der Waals surface area (Å²) in [5.41, 5.74) is -0.734. The summed E-state index contributed by atoms with van der Waals surface area (Å²) in [5, 5.41) is 10.8. The Hall–Kier alpha value is -2.16. The molecule has 2 atom stereocenters. The minimum atomic E-state index is -1.15. The van der Waals surface area contributed by atoms with E-state index in [1.807, 2.05) is 13.8 Å². The van der Waals surface area contributed by atoms with Gasteiger partial charge in [-0.3, -0.25) is 4.79 Å². The molecular formula is C18H28N2O6S. The molecule has 1 heterocycles. The van der Waals surface area contributed by atoms with Crippen molar-refractivity contribution in [1.82, 2.24) is 9.88 Å². The minimum absolute atomic E-state index is 0.0412. The Labute approximate surface area is 163 Å². The molecule has 0 aliphatic carbocycles. The minimum Gasteiger partial charge on any atom is -0.476 e. The fourth-order valence-corrected chi connectivity index (χ4v) is 3.33. The molecule has 0 aliphatic heterocycles. The Morgan fingerprint density at radius 1 is 1.30 bits per heavy atom. The fraction of sp³-hybridized carbons (Fsp3) is 0.667. The number of carbonyl (C=O) groups is 3. The molecule has 0 aromatic carbocycles. The van der Waals surface area contributed by atoms with E-state index >= 15 is 0 Å². The number of esters is 1. The first-order valence-corrected chi connectivity index (χ1v) is 9.51. The zero-order valence-electron chi connectivity index (χ0n) is 16.8. The van der Waals surface area contributed by atoms with Gasteiger partial charge in [-0.25, -0.2) is 14.6 Å². The zero-order valence-corrected chi connectivity index (χ0v) is 17.6. The highest BCUT2D eigenvalue weighted by atomic mass is 32.1. The lowest BCUT2D eigenvalue weighted by Crippen LogP contribution is -2.44. The van der Waals surface area contributed by atoms with Gasteiger partial charge >= 0.3 is 18.0 Å². The summed E-state index contributed by atoms with van der Waals surface area (Å²) >= 11 is 1.11. The molecule has 1 rings (SSSR count). The molecular weight excluding hydrogens is 372 g/mol. The summed E-state index contributed by atoms with van der Waals surface area (Å²) in [7, 11) is 1.63. The van der Waals surface area contributed by atoms with Crippen molar-refractivity contribution in [3.8, 4) is 0 Å². The number of aromatic nitrogens is 1. The predicted molar refractivity (Wildman–Crippen MR) is 101 cm³/mol. The lowest BCUT2D eigenvalue weighted by Gasteiger charge is -2.34. The van der Waals surface area contributed by atoms with Crippen LogP contribution >= 0.6 is 11.3 Å². The van der Waals surface area contributed by atoms with Gasteiger partial charge in [0, 0.05) is 31.8 Å². The Balaban J connectivity index is 3.07. The average molecular weight is 400 g/mol. The normalized spacial score (nSPS) is 13.8. The van der Waals surface area contributed by atoms with Crippen LogP contribution in [0.4, 0.5) is 4.79 Å². The van der Waals surface area contributed by atoms with Crippen LogP contribution < -0.4 is 0 Å². The molecule has 0 saturated carbocycles. The third-order valence-electron chi connectivity index (χ3n) is 3.73. The second-order valence-electron chi connectivity index (χ2n) is 7.61. The lowest BCUT2D eigenvalue weighted by molar-refractivity contribution is -0.147. The van der Waals surface area contributed by atoms with Crippen LogP contribution in [0.5, 0.6) is 0 Å². The number of hydrogen-bond acceptors (Lipinski definition) is 7. The summed E-state index contributed by atoms with van der Waals surface area (Å²) in [6.45, 7) is 10.5. The Morgan fingerprint density at radius 2 is 1.89 bits per heavy atom. The maximum absolute atomic E-state index is 12.4. The van der Waals surface area contributed by atoms with E-state index in [0.717, 1.165) is 11.3 Å². The Morgan fingerprint density at radius 3 is 2.30 bits per heavy atom. The molecule has 1 amide bonds. The molecule has 1 aromatic rings. The molecule has 152 valence electrons. The van der Waals surface area contributed by atoms with Gasteiger partial charge in [0.2, 0.25) is 0 Å². The molecule has 1 unspecified atom stereocenters. The second kappa shape index (κ2) is 9.16. The van der Waals surface area contributed by atoms with Gasteiger partial charge in [0.15, 0.2) is 11.8 Å². The number of ether oxygens (including phenoxy) is 2. The number of thiazole rings is 1. The van der Waals surface area contributed by atoms with Crippen molar-refractivity contribution in [3.05, 3.63) is 16.1 Å². The van der Waals surface area contributed by atoms with Crippen LogP contribution in [0.2, 0.25) is 0 Å². The lowest BCUT2D eigenvalue weighted by atomic mass is 9.96. The molecule has 0 fully saturated rings. The molecule has 1 N–H and O–H groups in total. The van der Waals surface area contributed by atoms with E-state index in [-0.39, 0.29) is 24.1 Å². The van der Waals surface area contributed by atoms with E-state index in [4.69, 9.17) is 14.6 Å². The molecule has 1 aromatic heterocycles. The molecule has 0 radical (unpaired) electrons. The van der Waals surface area contributed by atoms with Crippen molar-refractivity contribution >= 4 is 29.4 Å². The first-order valence-electron chi connectivity index (χ1n) is 8.63. The van der Waals surface area contributed by atoms with E-state index in [1.165, 1.54) is 17.2 Å². The second-order valence-corrected chi connectivity index (χ2v) is 8.50. The molecule has 8 nitrogen and oxygen atoms in total. The first-order chi connectivity index (χ1) is 12.3. The molecule has 9 heteroatoms. The topological polar surface area (TPSA) is 106 Å². The van der Waals surface area contributed by atoms with Gasteiger partial charge in [0.1, 0.15) is 10.6 Å². The predicted octanol–water partition coefficient (Wildman–Crippen LogP) is 3.73. The van der Waals surface area contributed by atoms with Crippen LogP contribution in [0.25, 0.3) is 0 Å². The highest BCUT2D eigenvalue weighted by Crippen LogP contribution is 2.30. The number of amides is 1. The smallest absolute Gasteiger partial charge is 0.410 e. The largest absolute Gasteiger partial charge is 0.476 e. The van der Waals surface area contributed by atoms with Gasteiger partial charge in [-0.2, -0.15) is 0 Å². The van der Waals surface area contributed by atoms with Crippen molar-refractivity contribution in [2.45, 2.75) is 65.7 Å². The summed E-state index contributed by atoms with van der Waals surface area (Å²) in [4.78, 5) is 40.6. The highest BCUT2D eigenvalue weighted by Gasteiger charge is 2.32. The van der Waals surface area contributed by atoms with Crippen molar-refractivity contribution < 1.29 is 29.0 Å². The van der Waals surface area contributed by atoms with Crippen LogP contribution in [-0.2, 0) is 14.3 Å². The van der Waals surface area contributed by atoms with Crippen LogP contribution in [-0.4, -0.2) is 51.7 Å². The van der Waals surface area contributed by atoms with E-state index in [2.05, 4.69) is 4.98 Å². The molecule has 0 aliphatic rings. The highest BCUT2D eigenvalue weighted by molar-refractivity contribution is 7.09. The summed E-state index contributed by atoms with van der Waals surface area (Å²) < 4.78 is 10.8. The summed E-state index contributed by atoms with van der Waals surface area (Å²) in [6, 6.07) is -0.304. The molecule has 0 saturated heterocycles. The third kappa shape index (κ3) is 7.16. The van der Waals surface area contributed by atoms with Crippen LogP contribution in [0.3, 0.4) is 0 Å². The van der Waals surface area contributed by atoms with E-state index in [9.17, 15) is 14.4 Å². The molecule has 27 heavy (non-hydrogen) atoms. The zero-order chi connectivity index (χ0) is 20.9. The molecule has 0 spiro atoms.